The Balaban J connectivity index is 1.54. The van der Waals surface area contributed by atoms with E-state index in [4.69, 9.17) is 0 Å². The van der Waals surface area contributed by atoms with E-state index >= 15 is 0 Å². The van der Waals surface area contributed by atoms with Crippen molar-refractivity contribution in [3.05, 3.63) is 28.7 Å². The third-order valence-corrected chi connectivity index (χ3v) is 5.97. The number of piperidine rings is 1. The Morgan fingerprint density at radius 1 is 1.35 bits per heavy atom. The van der Waals surface area contributed by atoms with Gasteiger partial charge < -0.3 is 15.1 Å². The number of nitrogens with zero attached hydrogens (tertiary/aromatic N) is 2. The van der Waals surface area contributed by atoms with E-state index in [9.17, 15) is 9.59 Å². The Kier molecular flexibility index (Phi) is 6.35. The van der Waals surface area contributed by atoms with Crippen LogP contribution in [0.2, 0.25) is 0 Å². The summed E-state index contributed by atoms with van der Waals surface area (Å²) in [6.07, 6.45) is 2.81. The molecule has 1 N–H and O–H groups in total. The molecular weight excluding hydrogens is 394 g/mol. The zero-order valence-electron chi connectivity index (χ0n) is 15.6. The minimum atomic E-state index is -0.280. The highest BCUT2D eigenvalue weighted by atomic mass is 79.9. The van der Waals surface area contributed by atoms with Gasteiger partial charge in [0, 0.05) is 36.6 Å². The van der Waals surface area contributed by atoms with Crippen molar-refractivity contribution in [1.82, 2.24) is 10.2 Å². The number of amides is 2. The number of benzene rings is 1. The van der Waals surface area contributed by atoms with Crippen molar-refractivity contribution in [3.63, 3.8) is 0 Å². The van der Waals surface area contributed by atoms with Crippen LogP contribution < -0.4 is 10.2 Å². The summed E-state index contributed by atoms with van der Waals surface area (Å²) in [5, 5.41) is 3.12. The van der Waals surface area contributed by atoms with Crippen LogP contribution in [0.5, 0.6) is 0 Å². The second-order valence-corrected chi connectivity index (χ2v) is 8.63. The van der Waals surface area contributed by atoms with E-state index in [0.717, 1.165) is 35.7 Å². The molecule has 2 saturated heterocycles. The third-order valence-electron chi connectivity index (χ3n) is 5.30. The van der Waals surface area contributed by atoms with Crippen molar-refractivity contribution in [3.8, 4) is 0 Å². The summed E-state index contributed by atoms with van der Waals surface area (Å²) >= 11 is 3.49. The molecule has 3 rings (SSSR count). The van der Waals surface area contributed by atoms with Gasteiger partial charge in [-0.25, -0.2) is 0 Å². The second kappa shape index (κ2) is 8.53. The van der Waals surface area contributed by atoms with Gasteiger partial charge in [-0.15, -0.1) is 0 Å². The van der Waals surface area contributed by atoms with Crippen LogP contribution in [0.1, 0.15) is 33.1 Å². The number of hydrogen-bond acceptors (Lipinski definition) is 3. The number of para-hydroxylation sites is 1. The van der Waals surface area contributed by atoms with E-state index in [2.05, 4.69) is 40.0 Å². The van der Waals surface area contributed by atoms with E-state index in [-0.39, 0.29) is 30.2 Å². The van der Waals surface area contributed by atoms with Gasteiger partial charge in [-0.3, -0.25) is 9.59 Å². The number of nitrogens with one attached hydrogen (secondary N) is 1. The van der Waals surface area contributed by atoms with Crippen LogP contribution in [0.4, 0.5) is 5.69 Å². The smallest absolute Gasteiger partial charge is 0.227 e. The summed E-state index contributed by atoms with van der Waals surface area (Å²) in [5.74, 6) is 0.453. The lowest BCUT2D eigenvalue weighted by Crippen LogP contribution is -2.46. The van der Waals surface area contributed by atoms with E-state index in [0.29, 0.717) is 6.54 Å². The van der Waals surface area contributed by atoms with Gasteiger partial charge in [0.15, 0.2) is 0 Å². The highest BCUT2D eigenvalue weighted by molar-refractivity contribution is 9.10. The fraction of sp³-hybridized carbons (Fsp3) is 0.600. The first-order valence-corrected chi connectivity index (χ1v) is 10.3. The number of hydrogen-bond donors (Lipinski definition) is 1. The molecule has 2 fully saturated rings. The van der Waals surface area contributed by atoms with Crippen molar-refractivity contribution < 1.29 is 9.59 Å². The summed E-state index contributed by atoms with van der Waals surface area (Å²) < 4.78 is 0.877. The maximum absolute atomic E-state index is 12.6. The van der Waals surface area contributed by atoms with Crippen LogP contribution >= 0.6 is 15.9 Å². The first-order chi connectivity index (χ1) is 12.4. The molecule has 0 spiro atoms. The number of carbonyl (C=O) groups is 2. The van der Waals surface area contributed by atoms with Crippen LogP contribution in [0, 0.1) is 11.8 Å². The van der Waals surface area contributed by atoms with Crippen LogP contribution in [0.15, 0.2) is 28.7 Å². The number of rotatable bonds is 5. The molecule has 2 amide bonds. The summed E-state index contributed by atoms with van der Waals surface area (Å²) in [6, 6.07) is 7.74. The fourth-order valence-corrected chi connectivity index (χ4v) is 4.53. The van der Waals surface area contributed by atoms with E-state index < -0.39 is 0 Å². The standard InChI is InChI=1S/C20H28BrN3O2/c1-14-6-5-9-23(11-14)12-15(2)22-20(26)16-10-19(25)24(13-16)18-8-4-3-7-17(18)21/h3-4,7-8,14-16H,5-6,9-13H2,1-2H3,(H,22,26)/t14-,15-,16+/m1/s1. The van der Waals surface area contributed by atoms with Gasteiger partial charge in [0.05, 0.1) is 11.6 Å². The maximum atomic E-state index is 12.6. The summed E-state index contributed by atoms with van der Waals surface area (Å²) in [4.78, 5) is 29.2. The van der Waals surface area contributed by atoms with Gasteiger partial charge in [0.25, 0.3) is 0 Å². The van der Waals surface area contributed by atoms with Crippen molar-refractivity contribution in [2.75, 3.05) is 31.1 Å². The molecule has 2 heterocycles. The SMILES string of the molecule is C[C@@H]1CCCN(C[C@@H](C)NC(=O)[C@H]2CC(=O)N(c3ccccc3Br)C2)C1. The molecule has 1 aromatic rings. The molecule has 26 heavy (non-hydrogen) atoms. The average Bonchev–Trinajstić information content (AvgIpc) is 2.97. The minimum absolute atomic E-state index is 0.00883. The number of likely N-dealkylation sites (tertiary alicyclic amines) is 1. The molecular formula is C20H28BrN3O2. The fourth-order valence-electron chi connectivity index (χ4n) is 4.03. The Morgan fingerprint density at radius 3 is 2.85 bits per heavy atom. The van der Waals surface area contributed by atoms with Gasteiger partial charge >= 0.3 is 0 Å². The lowest BCUT2D eigenvalue weighted by atomic mass is 10.00. The zero-order valence-corrected chi connectivity index (χ0v) is 17.2. The molecule has 3 atom stereocenters. The Morgan fingerprint density at radius 2 is 2.12 bits per heavy atom. The van der Waals surface area contributed by atoms with Crippen molar-refractivity contribution in [2.24, 2.45) is 11.8 Å². The van der Waals surface area contributed by atoms with Crippen LogP contribution in [0.3, 0.4) is 0 Å². The summed E-state index contributed by atoms with van der Waals surface area (Å²) in [6.45, 7) is 7.89. The maximum Gasteiger partial charge on any atom is 0.227 e. The molecule has 142 valence electrons. The summed E-state index contributed by atoms with van der Waals surface area (Å²) in [5.41, 5.74) is 0.836. The summed E-state index contributed by atoms with van der Waals surface area (Å²) in [7, 11) is 0. The van der Waals surface area contributed by atoms with Crippen molar-refractivity contribution in [2.45, 2.75) is 39.2 Å². The van der Waals surface area contributed by atoms with E-state index in [1.54, 1.807) is 4.90 Å². The molecule has 0 saturated carbocycles. The lowest BCUT2D eigenvalue weighted by molar-refractivity contribution is -0.127. The lowest BCUT2D eigenvalue weighted by Gasteiger charge is -2.33. The molecule has 0 aromatic heterocycles. The van der Waals surface area contributed by atoms with E-state index in [1.165, 1.54) is 12.8 Å². The number of anilines is 1. The quantitative estimate of drug-likeness (QED) is 0.794. The molecule has 0 radical (unpaired) electrons. The molecule has 6 heteroatoms. The normalized spacial score (nSPS) is 25.3. The predicted octanol–water partition coefficient (Wildman–Crippen LogP) is 3.04. The predicted molar refractivity (Wildman–Crippen MR) is 107 cm³/mol. The van der Waals surface area contributed by atoms with Gasteiger partial charge in [-0.1, -0.05) is 19.1 Å². The van der Waals surface area contributed by atoms with Crippen molar-refractivity contribution in [1.29, 1.82) is 0 Å². The molecule has 0 bridgehead atoms. The highest BCUT2D eigenvalue weighted by Gasteiger charge is 2.36. The Hall–Kier alpha value is -1.40. The molecule has 2 aliphatic rings. The van der Waals surface area contributed by atoms with Crippen LogP contribution in [-0.2, 0) is 9.59 Å². The highest BCUT2D eigenvalue weighted by Crippen LogP contribution is 2.31. The Bertz CT molecular complexity index is 666. The third kappa shape index (κ3) is 4.65. The monoisotopic (exact) mass is 421 g/mol. The van der Waals surface area contributed by atoms with Crippen LogP contribution in [-0.4, -0.2) is 48.9 Å². The molecule has 0 aliphatic carbocycles. The number of halogens is 1. The zero-order chi connectivity index (χ0) is 18.7. The first-order valence-electron chi connectivity index (χ1n) is 9.51. The van der Waals surface area contributed by atoms with Crippen LogP contribution in [0.25, 0.3) is 0 Å². The van der Waals surface area contributed by atoms with Gasteiger partial charge in [-0.2, -0.15) is 0 Å². The second-order valence-electron chi connectivity index (χ2n) is 7.77. The first kappa shape index (κ1) is 19.4. The topological polar surface area (TPSA) is 52.7 Å². The molecule has 5 nitrogen and oxygen atoms in total. The van der Waals surface area contributed by atoms with Gasteiger partial charge in [0.1, 0.15) is 0 Å². The molecule has 0 unspecified atom stereocenters. The van der Waals surface area contributed by atoms with Gasteiger partial charge in [0.2, 0.25) is 11.8 Å². The number of carbonyl (C=O) groups excluding carboxylic acids is 2. The van der Waals surface area contributed by atoms with Gasteiger partial charge in [-0.05, 0) is 60.3 Å². The largest absolute Gasteiger partial charge is 0.352 e. The molecule has 1 aromatic carbocycles. The van der Waals surface area contributed by atoms with Crippen molar-refractivity contribution >= 4 is 33.4 Å². The Labute approximate surface area is 164 Å². The van der Waals surface area contributed by atoms with E-state index in [1.807, 2.05) is 24.3 Å². The molecule has 2 aliphatic heterocycles. The minimum Gasteiger partial charge on any atom is -0.352 e. The average molecular weight is 422 g/mol.